The van der Waals surface area contributed by atoms with Gasteiger partial charge < -0.3 is 20.1 Å². The van der Waals surface area contributed by atoms with Crippen LogP contribution in [0.25, 0.3) is 0 Å². The number of esters is 2. The molecule has 0 radical (unpaired) electrons. The second-order valence-electron chi connectivity index (χ2n) is 10.3. The topological polar surface area (TPSA) is 134 Å². The van der Waals surface area contributed by atoms with Crippen molar-refractivity contribution in [3.05, 3.63) is 60.8 Å². The second kappa shape index (κ2) is 30.7. The van der Waals surface area contributed by atoms with Crippen LogP contribution in [0.3, 0.4) is 0 Å². The number of rotatable bonds is 29. The average molecular weight is 640 g/mol. The van der Waals surface area contributed by atoms with E-state index < -0.39 is 32.5 Å². The highest BCUT2D eigenvalue weighted by Crippen LogP contribution is 2.43. The fraction of sp³-hybridized carbons (Fsp3) is 0.647. The number of carbonyl (C=O) groups excluding carboxylic acids is 2. The molecule has 0 rings (SSSR count). The first-order chi connectivity index (χ1) is 21.3. The first-order valence-corrected chi connectivity index (χ1v) is 17.8. The number of ether oxygens (including phenoxy) is 2. The predicted octanol–water partition coefficient (Wildman–Crippen LogP) is 8.21. The fourth-order valence-electron chi connectivity index (χ4n) is 3.76. The zero-order chi connectivity index (χ0) is 32.6. The summed E-state index contributed by atoms with van der Waals surface area (Å²) in [6.07, 6.45) is 32.8. The molecule has 0 aliphatic rings. The molecule has 2 atom stereocenters. The van der Waals surface area contributed by atoms with Crippen molar-refractivity contribution < 1.29 is 37.6 Å². The van der Waals surface area contributed by atoms with E-state index in [2.05, 4.69) is 62.5 Å². The van der Waals surface area contributed by atoms with Crippen LogP contribution in [0.1, 0.15) is 110 Å². The molecule has 3 N–H and O–H groups in total. The molecule has 0 aliphatic carbocycles. The van der Waals surface area contributed by atoms with E-state index in [9.17, 15) is 19.0 Å². The standard InChI is InChI=1S/C34H58NO8P/c1-3-5-7-9-11-13-15-16-17-19-21-23-25-27-34(37)43-32(31-42-44(38,39)41-29-28-35)30-40-33(36)26-24-22-20-18-14-12-10-8-6-4-2/h5,7-8,10-11,13,16-17,21,23,32H,3-4,6,9,12,14-15,18-20,22,24-31,35H2,1-2H3,(H,38,39)/b7-5-,10-8-,13-11-,17-16-,23-21-. The van der Waals surface area contributed by atoms with Gasteiger partial charge in [0, 0.05) is 19.4 Å². The van der Waals surface area contributed by atoms with Gasteiger partial charge in [-0.3, -0.25) is 18.6 Å². The van der Waals surface area contributed by atoms with E-state index in [1.54, 1.807) is 0 Å². The molecule has 0 saturated carbocycles. The Labute approximate surface area is 266 Å². The highest BCUT2D eigenvalue weighted by atomic mass is 31.2. The van der Waals surface area contributed by atoms with Crippen LogP contribution in [-0.2, 0) is 32.7 Å². The zero-order valence-corrected chi connectivity index (χ0v) is 28.0. The Balaban J connectivity index is 4.47. The lowest BCUT2D eigenvalue weighted by molar-refractivity contribution is -0.161. The second-order valence-corrected chi connectivity index (χ2v) is 11.7. The summed E-state index contributed by atoms with van der Waals surface area (Å²) in [5.41, 5.74) is 5.30. The molecule has 2 unspecified atom stereocenters. The minimum absolute atomic E-state index is 0.0389. The van der Waals surface area contributed by atoms with Gasteiger partial charge in [-0.25, -0.2) is 4.57 Å². The molecule has 0 fully saturated rings. The van der Waals surface area contributed by atoms with Gasteiger partial charge in [-0.05, 0) is 57.8 Å². The monoisotopic (exact) mass is 639 g/mol. The van der Waals surface area contributed by atoms with Gasteiger partial charge >= 0.3 is 19.8 Å². The lowest BCUT2D eigenvalue weighted by atomic mass is 10.1. The van der Waals surface area contributed by atoms with Gasteiger partial charge in [-0.2, -0.15) is 0 Å². The van der Waals surface area contributed by atoms with Crippen molar-refractivity contribution in [3.63, 3.8) is 0 Å². The minimum atomic E-state index is -4.39. The van der Waals surface area contributed by atoms with Gasteiger partial charge in [0.15, 0.2) is 6.10 Å². The summed E-state index contributed by atoms with van der Waals surface area (Å²) in [6, 6.07) is 0. The molecule has 44 heavy (non-hydrogen) atoms. The van der Waals surface area contributed by atoms with Crippen molar-refractivity contribution in [1.82, 2.24) is 0 Å². The molecule has 0 aliphatic heterocycles. The smallest absolute Gasteiger partial charge is 0.462 e. The van der Waals surface area contributed by atoms with E-state index in [-0.39, 0.29) is 32.6 Å². The molecule has 0 aromatic carbocycles. The predicted molar refractivity (Wildman–Crippen MR) is 178 cm³/mol. The van der Waals surface area contributed by atoms with Crippen LogP contribution in [0.2, 0.25) is 0 Å². The lowest BCUT2D eigenvalue weighted by Crippen LogP contribution is -2.29. The number of allylic oxidation sites excluding steroid dienone is 10. The summed E-state index contributed by atoms with van der Waals surface area (Å²) >= 11 is 0. The highest BCUT2D eigenvalue weighted by molar-refractivity contribution is 7.47. The van der Waals surface area contributed by atoms with E-state index in [1.807, 2.05) is 12.2 Å². The van der Waals surface area contributed by atoms with Crippen LogP contribution in [-0.4, -0.2) is 49.3 Å². The van der Waals surface area contributed by atoms with Gasteiger partial charge in [0.25, 0.3) is 0 Å². The van der Waals surface area contributed by atoms with Crippen LogP contribution < -0.4 is 5.73 Å². The summed E-state index contributed by atoms with van der Waals surface area (Å²) in [6.45, 7) is 3.40. The molecule has 0 heterocycles. The van der Waals surface area contributed by atoms with E-state index in [4.69, 9.17) is 24.3 Å². The highest BCUT2D eigenvalue weighted by Gasteiger charge is 2.25. The van der Waals surface area contributed by atoms with Crippen LogP contribution in [0.15, 0.2) is 60.8 Å². The van der Waals surface area contributed by atoms with Crippen molar-refractivity contribution in [2.45, 2.75) is 116 Å². The number of hydrogen-bond acceptors (Lipinski definition) is 8. The Hall–Kier alpha value is -2.29. The summed E-state index contributed by atoms with van der Waals surface area (Å²) in [4.78, 5) is 34.4. The Morgan fingerprint density at radius 2 is 1.30 bits per heavy atom. The molecule has 0 spiro atoms. The quantitative estimate of drug-likeness (QED) is 0.0359. The number of phosphoric ester groups is 1. The Kier molecular flexibility index (Phi) is 29.1. The number of phosphoric acid groups is 1. The van der Waals surface area contributed by atoms with E-state index >= 15 is 0 Å². The number of nitrogens with two attached hydrogens (primary N) is 1. The zero-order valence-electron chi connectivity index (χ0n) is 27.1. The van der Waals surface area contributed by atoms with Crippen molar-refractivity contribution in [2.75, 3.05) is 26.4 Å². The average Bonchev–Trinajstić information content (AvgIpc) is 3.00. The molecule has 0 aromatic heterocycles. The molecule has 10 heteroatoms. The molecule has 0 bridgehead atoms. The van der Waals surface area contributed by atoms with E-state index in [0.717, 1.165) is 64.2 Å². The van der Waals surface area contributed by atoms with E-state index in [0.29, 0.717) is 12.8 Å². The van der Waals surface area contributed by atoms with Gasteiger partial charge in [0.2, 0.25) is 0 Å². The van der Waals surface area contributed by atoms with Crippen LogP contribution in [0.4, 0.5) is 0 Å². The summed E-state index contributed by atoms with van der Waals surface area (Å²) in [5.74, 6) is -0.947. The normalized spacial score (nSPS) is 14.4. The summed E-state index contributed by atoms with van der Waals surface area (Å²) in [5, 5.41) is 0. The van der Waals surface area contributed by atoms with Crippen molar-refractivity contribution in [3.8, 4) is 0 Å². The maximum Gasteiger partial charge on any atom is 0.472 e. The molecular formula is C34H58NO8P. The van der Waals surface area contributed by atoms with Gasteiger partial charge in [0.1, 0.15) is 6.61 Å². The van der Waals surface area contributed by atoms with Crippen molar-refractivity contribution in [1.29, 1.82) is 0 Å². The van der Waals surface area contributed by atoms with Gasteiger partial charge in [-0.15, -0.1) is 0 Å². The molecule has 0 saturated heterocycles. The van der Waals surface area contributed by atoms with Gasteiger partial charge in [-0.1, -0.05) is 100 Å². The molecule has 0 amide bonds. The third kappa shape index (κ3) is 29.8. The maximum atomic E-state index is 12.4. The number of hydrogen-bond donors (Lipinski definition) is 2. The SMILES string of the molecule is CC/C=C\C/C=C\C/C=C\C/C=C\CCC(=O)OC(COC(=O)CCCCCCC/C=C\CCC)COP(=O)(O)OCCN. The van der Waals surface area contributed by atoms with Crippen molar-refractivity contribution >= 4 is 19.8 Å². The van der Waals surface area contributed by atoms with Gasteiger partial charge in [0.05, 0.1) is 13.2 Å². The first kappa shape index (κ1) is 41.7. The third-order valence-electron chi connectivity index (χ3n) is 6.13. The van der Waals surface area contributed by atoms with Crippen LogP contribution >= 0.6 is 7.82 Å². The summed E-state index contributed by atoms with van der Waals surface area (Å²) < 4.78 is 32.4. The minimum Gasteiger partial charge on any atom is -0.462 e. The summed E-state index contributed by atoms with van der Waals surface area (Å²) in [7, 11) is -4.39. The Morgan fingerprint density at radius 3 is 1.95 bits per heavy atom. The lowest BCUT2D eigenvalue weighted by Gasteiger charge is -2.19. The molecule has 252 valence electrons. The van der Waals surface area contributed by atoms with Crippen LogP contribution in [0.5, 0.6) is 0 Å². The molecule has 0 aromatic rings. The molecule has 9 nitrogen and oxygen atoms in total. The van der Waals surface area contributed by atoms with Crippen LogP contribution in [0, 0.1) is 0 Å². The first-order valence-electron chi connectivity index (χ1n) is 16.3. The Bertz CT molecular complexity index is 913. The largest absolute Gasteiger partial charge is 0.472 e. The number of carbonyl (C=O) groups is 2. The van der Waals surface area contributed by atoms with Crippen molar-refractivity contribution in [2.24, 2.45) is 5.73 Å². The fourth-order valence-corrected chi connectivity index (χ4v) is 4.53. The third-order valence-corrected chi connectivity index (χ3v) is 7.12. The number of unbranched alkanes of at least 4 members (excludes halogenated alkanes) is 6. The van der Waals surface area contributed by atoms with E-state index in [1.165, 1.54) is 6.42 Å². The molecular weight excluding hydrogens is 581 g/mol. The Morgan fingerprint density at radius 1 is 0.705 bits per heavy atom. The maximum absolute atomic E-state index is 12.4.